The van der Waals surface area contributed by atoms with Crippen LogP contribution in [0.15, 0.2) is 18.2 Å². The van der Waals surface area contributed by atoms with Crippen LogP contribution in [0.2, 0.25) is 0 Å². The molecule has 3 heteroatoms. The first-order chi connectivity index (χ1) is 6.63. The van der Waals surface area contributed by atoms with Crippen molar-refractivity contribution in [2.45, 2.75) is 20.3 Å². The molecule has 0 aromatic heterocycles. The molecular formula is C11H12N2O. The highest BCUT2D eigenvalue weighted by molar-refractivity contribution is 5.92. The summed E-state index contributed by atoms with van der Waals surface area (Å²) in [5.41, 5.74) is 2.94. The van der Waals surface area contributed by atoms with Crippen LogP contribution in [0.1, 0.15) is 17.5 Å². The van der Waals surface area contributed by atoms with Crippen LogP contribution in [-0.2, 0) is 4.79 Å². The van der Waals surface area contributed by atoms with Crippen molar-refractivity contribution in [1.82, 2.24) is 0 Å². The van der Waals surface area contributed by atoms with E-state index in [1.165, 1.54) is 0 Å². The topological polar surface area (TPSA) is 52.9 Å². The third kappa shape index (κ3) is 2.60. The van der Waals surface area contributed by atoms with Crippen LogP contribution in [0.25, 0.3) is 0 Å². The molecule has 1 aromatic carbocycles. The molecule has 3 nitrogen and oxygen atoms in total. The van der Waals surface area contributed by atoms with Crippen molar-refractivity contribution in [3.05, 3.63) is 29.3 Å². The van der Waals surface area contributed by atoms with Gasteiger partial charge in [-0.05, 0) is 25.5 Å². The van der Waals surface area contributed by atoms with Gasteiger partial charge in [0.15, 0.2) is 0 Å². The highest BCUT2D eigenvalue weighted by Gasteiger charge is 2.03. The summed E-state index contributed by atoms with van der Waals surface area (Å²) in [5, 5.41) is 11.0. The summed E-state index contributed by atoms with van der Waals surface area (Å²) in [4.78, 5) is 11.1. The lowest BCUT2D eigenvalue weighted by molar-refractivity contribution is -0.115. The zero-order valence-corrected chi connectivity index (χ0v) is 8.29. The Bertz CT molecular complexity index is 391. The summed E-state index contributed by atoms with van der Waals surface area (Å²) in [7, 11) is 0. The molecule has 1 aromatic rings. The van der Waals surface area contributed by atoms with Gasteiger partial charge in [-0.1, -0.05) is 17.7 Å². The highest BCUT2D eigenvalue weighted by Crippen LogP contribution is 2.15. The molecule has 0 bridgehead atoms. The minimum atomic E-state index is -0.264. The van der Waals surface area contributed by atoms with Crippen LogP contribution in [-0.4, -0.2) is 5.91 Å². The number of amides is 1. The molecule has 0 fully saturated rings. The molecule has 0 radical (unpaired) electrons. The quantitative estimate of drug-likeness (QED) is 0.773. The van der Waals surface area contributed by atoms with E-state index in [1.807, 2.05) is 32.0 Å². The second-order valence-electron chi connectivity index (χ2n) is 3.20. The van der Waals surface area contributed by atoms with Gasteiger partial charge in [-0.15, -0.1) is 0 Å². The summed E-state index contributed by atoms with van der Waals surface area (Å²) in [6.07, 6.45) is -0.104. The van der Waals surface area contributed by atoms with E-state index in [1.54, 1.807) is 6.07 Å². The third-order valence-corrected chi connectivity index (χ3v) is 1.90. The van der Waals surface area contributed by atoms with Crippen LogP contribution >= 0.6 is 0 Å². The van der Waals surface area contributed by atoms with Gasteiger partial charge in [-0.3, -0.25) is 4.79 Å². The van der Waals surface area contributed by atoms with E-state index < -0.39 is 0 Å². The number of anilines is 1. The molecule has 0 atom stereocenters. The number of benzene rings is 1. The number of hydrogen-bond acceptors (Lipinski definition) is 2. The molecule has 0 aliphatic heterocycles. The lowest BCUT2D eigenvalue weighted by atomic mass is 10.1. The van der Waals surface area contributed by atoms with Crippen LogP contribution in [0, 0.1) is 25.2 Å². The Morgan fingerprint density at radius 2 is 2.21 bits per heavy atom. The van der Waals surface area contributed by atoms with Crippen molar-refractivity contribution in [3.63, 3.8) is 0 Å². The van der Waals surface area contributed by atoms with Gasteiger partial charge in [-0.2, -0.15) is 5.26 Å². The van der Waals surface area contributed by atoms with Crippen molar-refractivity contribution < 1.29 is 4.79 Å². The minimum absolute atomic E-state index is 0.104. The predicted molar refractivity (Wildman–Crippen MR) is 54.8 cm³/mol. The summed E-state index contributed by atoms with van der Waals surface area (Å²) in [5.74, 6) is -0.264. The number of rotatable bonds is 2. The molecule has 1 N–H and O–H groups in total. The van der Waals surface area contributed by atoms with Crippen molar-refractivity contribution in [3.8, 4) is 6.07 Å². The van der Waals surface area contributed by atoms with Gasteiger partial charge < -0.3 is 5.32 Å². The monoisotopic (exact) mass is 188 g/mol. The number of aryl methyl sites for hydroxylation is 2. The Labute approximate surface area is 83.4 Å². The maximum Gasteiger partial charge on any atom is 0.238 e. The lowest BCUT2D eigenvalue weighted by Gasteiger charge is -2.07. The van der Waals surface area contributed by atoms with Crippen molar-refractivity contribution >= 4 is 11.6 Å². The maximum absolute atomic E-state index is 11.1. The first-order valence-electron chi connectivity index (χ1n) is 4.37. The fourth-order valence-corrected chi connectivity index (χ4v) is 1.22. The lowest BCUT2D eigenvalue weighted by Crippen LogP contribution is -2.11. The Morgan fingerprint density at radius 3 is 2.79 bits per heavy atom. The fraction of sp³-hybridized carbons (Fsp3) is 0.273. The second-order valence-corrected chi connectivity index (χ2v) is 3.20. The van der Waals surface area contributed by atoms with Gasteiger partial charge in [0.05, 0.1) is 6.07 Å². The molecule has 0 aliphatic carbocycles. The van der Waals surface area contributed by atoms with E-state index in [2.05, 4.69) is 5.32 Å². The normalized spacial score (nSPS) is 9.21. The molecule has 1 rings (SSSR count). The van der Waals surface area contributed by atoms with Gasteiger partial charge in [0.2, 0.25) is 5.91 Å². The molecule has 0 spiro atoms. The van der Waals surface area contributed by atoms with Gasteiger partial charge >= 0.3 is 0 Å². The average Bonchev–Trinajstić information content (AvgIpc) is 2.10. The first-order valence-corrected chi connectivity index (χ1v) is 4.37. The van der Waals surface area contributed by atoms with E-state index in [0.29, 0.717) is 0 Å². The third-order valence-electron chi connectivity index (χ3n) is 1.90. The molecule has 0 saturated carbocycles. The molecule has 0 saturated heterocycles. The molecule has 14 heavy (non-hydrogen) atoms. The maximum atomic E-state index is 11.1. The van der Waals surface area contributed by atoms with E-state index in [4.69, 9.17) is 5.26 Å². The standard InChI is InChI=1S/C11H12N2O/c1-8-3-4-10(9(2)7-8)13-11(14)5-6-12/h3-4,7H,5H2,1-2H3,(H,13,14). The number of carbonyl (C=O) groups excluding carboxylic acids is 1. The molecule has 0 heterocycles. The average molecular weight is 188 g/mol. The summed E-state index contributed by atoms with van der Waals surface area (Å²) < 4.78 is 0. The molecule has 0 aliphatic rings. The molecule has 1 amide bonds. The van der Waals surface area contributed by atoms with Crippen LogP contribution < -0.4 is 5.32 Å². The summed E-state index contributed by atoms with van der Waals surface area (Å²) in [6.45, 7) is 3.92. The van der Waals surface area contributed by atoms with E-state index in [9.17, 15) is 4.79 Å². The summed E-state index contributed by atoms with van der Waals surface area (Å²) >= 11 is 0. The fourth-order valence-electron chi connectivity index (χ4n) is 1.22. The Hall–Kier alpha value is -1.82. The van der Waals surface area contributed by atoms with Crippen LogP contribution in [0.5, 0.6) is 0 Å². The van der Waals surface area contributed by atoms with Gasteiger partial charge in [0.25, 0.3) is 0 Å². The number of nitrogens with zero attached hydrogens (tertiary/aromatic N) is 1. The molecule has 72 valence electrons. The van der Waals surface area contributed by atoms with Crippen molar-refractivity contribution in [2.75, 3.05) is 5.32 Å². The van der Waals surface area contributed by atoms with Gasteiger partial charge in [0.1, 0.15) is 6.42 Å². The number of nitriles is 1. The zero-order valence-electron chi connectivity index (χ0n) is 8.29. The zero-order chi connectivity index (χ0) is 10.6. The number of hydrogen-bond donors (Lipinski definition) is 1. The van der Waals surface area contributed by atoms with E-state index >= 15 is 0 Å². The van der Waals surface area contributed by atoms with Crippen LogP contribution in [0.4, 0.5) is 5.69 Å². The molecular weight excluding hydrogens is 176 g/mol. The second kappa shape index (κ2) is 4.43. The highest BCUT2D eigenvalue weighted by atomic mass is 16.1. The van der Waals surface area contributed by atoms with Gasteiger partial charge in [0, 0.05) is 5.69 Å². The Balaban J connectivity index is 2.78. The smallest absolute Gasteiger partial charge is 0.238 e. The molecule has 0 unspecified atom stereocenters. The van der Waals surface area contributed by atoms with Crippen LogP contribution in [0.3, 0.4) is 0 Å². The van der Waals surface area contributed by atoms with E-state index in [0.717, 1.165) is 16.8 Å². The van der Waals surface area contributed by atoms with Gasteiger partial charge in [-0.25, -0.2) is 0 Å². The SMILES string of the molecule is Cc1ccc(NC(=O)CC#N)c(C)c1. The van der Waals surface area contributed by atoms with Crippen molar-refractivity contribution in [2.24, 2.45) is 0 Å². The Kier molecular flexibility index (Phi) is 3.24. The first kappa shape index (κ1) is 10.3. The van der Waals surface area contributed by atoms with Crippen molar-refractivity contribution in [1.29, 1.82) is 5.26 Å². The largest absolute Gasteiger partial charge is 0.325 e. The predicted octanol–water partition coefficient (Wildman–Crippen LogP) is 2.16. The van der Waals surface area contributed by atoms with E-state index in [-0.39, 0.29) is 12.3 Å². The number of carbonyl (C=O) groups is 1. The summed E-state index contributed by atoms with van der Waals surface area (Å²) in [6, 6.07) is 7.57. The Morgan fingerprint density at radius 1 is 1.50 bits per heavy atom. The minimum Gasteiger partial charge on any atom is -0.325 e. The number of nitrogens with one attached hydrogen (secondary N) is 1.